The van der Waals surface area contributed by atoms with Gasteiger partial charge in [0.15, 0.2) is 0 Å². The summed E-state index contributed by atoms with van der Waals surface area (Å²) in [5.74, 6) is 1.88. The molecule has 1 heterocycles. The van der Waals surface area contributed by atoms with Crippen LogP contribution in [0.3, 0.4) is 0 Å². The van der Waals surface area contributed by atoms with E-state index in [0.717, 1.165) is 24.8 Å². The number of rotatable bonds is 4. The number of nitrogens with one attached hydrogen (secondary N) is 1. The fraction of sp³-hybridized carbons (Fsp3) is 0.647. The van der Waals surface area contributed by atoms with Crippen molar-refractivity contribution in [2.24, 2.45) is 5.92 Å². The van der Waals surface area contributed by atoms with E-state index < -0.39 is 0 Å². The van der Waals surface area contributed by atoms with Crippen molar-refractivity contribution < 1.29 is 4.74 Å². The summed E-state index contributed by atoms with van der Waals surface area (Å²) in [5.41, 5.74) is 4.23. The molecule has 1 aromatic carbocycles. The first-order chi connectivity index (χ1) is 9.72. The highest BCUT2D eigenvalue weighted by molar-refractivity contribution is 5.45. The Labute approximate surface area is 122 Å². The average molecular weight is 274 g/mol. The van der Waals surface area contributed by atoms with E-state index in [1.807, 2.05) is 0 Å². The number of hydrogen-bond acceptors (Lipinski definition) is 3. The van der Waals surface area contributed by atoms with Crippen LogP contribution in [0.15, 0.2) is 12.1 Å². The van der Waals surface area contributed by atoms with Crippen molar-refractivity contribution >= 4 is 0 Å². The van der Waals surface area contributed by atoms with Crippen molar-refractivity contribution in [2.75, 3.05) is 33.3 Å². The highest BCUT2D eigenvalue weighted by atomic mass is 16.5. The number of benzene rings is 1. The van der Waals surface area contributed by atoms with Crippen LogP contribution in [0.2, 0.25) is 0 Å². The van der Waals surface area contributed by atoms with Crippen molar-refractivity contribution in [3.63, 3.8) is 0 Å². The largest absolute Gasteiger partial charge is 0.496 e. The SMILES string of the molecule is COc1ccc(C(C2CC2)N2CCNCC2)c(C)c1C. The molecular formula is C17H26N2O. The molecule has 1 atom stereocenters. The zero-order valence-electron chi connectivity index (χ0n) is 12.9. The molecule has 0 radical (unpaired) electrons. The molecule has 3 heteroatoms. The number of ether oxygens (including phenoxy) is 1. The van der Waals surface area contributed by atoms with Crippen LogP contribution in [-0.2, 0) is 0 Å². The second-order valence-corrected chi connectivity index (χ2v) is 6.18. The Morgan fingerprint density at radius 2 is 1.85 bits per heavy atom. The van der Waals surface area contributed by atoms with E-state index in [2.05, 4.69) is 36.2 Å². The lowest BCUT2D eigenvalue weighted by Crippen LogP contribution is -2.45. The van der Waals surface area contributed by atoms with E-state index in [1.165, 1.54) is 42.6 Å². The Balaban J connectivity index is 1.93. The first-order valence-electron chi connectivity index (χ1n) is 7.81. The smallest absolute Gasteiger partial charge is 0.122 e. The summed E-state index contributed by atoms with van der Waals surface area (Å²) < 4.78 is 5.46. The summed E-state index contributed by atoms with van der Waals surface area (Å²) >= 11 is 0. The lowest BCUT2D eigenvalue weighted by molar-refractivity contribution is 0.155. The fourth-order valence-electron chi connectivity index (χ4n) is 3.48. The van der Waals surface area contributed by atoms with Crippen molar-refractivity contribution in [2.45, 2.75) is 32.7 Å². The molecule has 1 aromatic rings. The minimum atomic E-state index is 0.613. The second kappa shape index (κ2) is 5.74. The normalized spacial score (nSPS) is 21.8. The lowest BCUT2D eigenvalue weighted by Gasteiger charge is -2.36. The summed E-state index contributed by atoms with van der Waals surface area (Å²) in [6.07, 6.45) is 2.78. The first kappa shape index (κ1) is 13.9. The number of hydrogen-bond donors (Lipinski definition) is 1. The van der Waals surface area contributed by atoms with Crippen molar-refractivity contribution in [1.29, 1.82) is 0 Å². The van der Waals surface area contributed by atoms with Gasteiger partial charge in [-0.25, -0.2) is 0 Å². The summed E-state index contributed by atoms with van der Waals surface area (Å²) in [6.45, 7) is 9.02. The average Bonchev–Trinajstić information content (AvgIpc) is 3.30. The summed E-state index contributed by atoms with van der Waals surface area (Å²) in [7, 11) is 1.76. The molecule has 110 valence electrons. The minimum absolute atomic E-state index is 0.613. The van der Waals surface area contributed by atoms with Gasteiger partial charge in [-0.1, -0.05) is 6.07 Å². The number of piperazine rings is 1. The van der Waals surface area contributed by atoms with Gasteiger partial charge in [0, 0.05) is 32.2 Å². The topological polar surface area (TPSA) is 24.5 Å². The first-order valence-corrected chi connectivity index (χ1v) is 7.81. The molecule has 2 aliphatic rings. The molecule has 0 spiro atoms. The maximum Gasteiger partial charge on any atom is 0.122 e. The van der Waals surface area contributed by atoms with Crippen molar-refractivity contribution in [3.8, 4) is 5.75 Å². The zero-order valence-corrected chi connectivity index (χ0v) is 12.9. The Hall–Kier alpha value is -1.06. The molecule has 1 N–H and O–H groups in total. The molecular weight excluding hydrogens is 248 g/mol. The molecule has 0 aromatic heterocycles. The summed E-state index contributed by atoms with van der Waals surface area (Å²) in [5, 5.41) is 3.46. The molecule has 1 saturated carbocycles. The van der Waals surface area contributed by atoms with Gasteiger partial charge in [-0.15, -0.1) is 0 Å². The van der Waals surface area contributed by atoms with Crippen LogP contribution in [0.25, 0.3) is 0 Å². The second-order valence-electron chi connectivity index (χ2n) is 6.18. The van der Waals surface area contributed by atoms with Crippen molar-refractivity contribution in [1.82, 2.24) is 10.2 Å². The van der Waals surface area contributed by atoms with Crippen LogP contribution in [0.5, 0.6) is 5.75 Å². The van der Waals surface area contributed by atoms with Crippen LogP contribution in [0.1, 0.15) is 35.6 Å². The molecule has 1 unspecified atom stereocenters. The van der Waals surface area contributed by atoms with Crippen LogP contribution in [0, 0.1) is 19.8 Å². The minimum Gasteiger partial charge on any atom is -0.496 e. The van der Waals surface area contributed by atoms with E-state index in [9.17, 15) is 0 Å². The van der Waals surface area contributed by atoms with Gasteiger partial charge in [-0.2, -0.15) is 0 Å². The van der Waals surface area contributed by atoms with Gasteiger partial charge in [-0.05, 0) is 55.4 Å². The molecule has 1 aliphatic heterocycles. The Morgan fingerprint density at radius 1 is 1.15 bits per heavy atom. The molecule has 20 heavy (non-hydrogen) atoms. The van der Waals surface area contributed by atoms with Crippen LogP contribution >= 0.6 is 0 Å². The zero-order chi connectivity index (χ0) is 14.1. The quantitative estimate of drug-likeness (QED) is 0.913. The van der Waals surface area contributed by atoms with Gasteiger partial charge in [0.1, 0.15) is 5.75 Å². The van der Waals surface area contributed by atoms with Gasteiger partial charge in [0.25, 0.3) is 0 Å². The third-order valence-corrected chi connectivity index (χ3v) is 4.93. The number of methoxy groups -OCH3 is 1. The molecule has 1 aliphatic carbocycles. The van der Waals surface area contributed by atoms with E-state index in [-0.39, 0.29) is 0 Å². The molecule has 3 nitrogen and oxygen atoms in total. The van der Waals surface area contributed by atoms with Crippen LogP contribution < -0.4 is 10.1 Å². The Kier molecular flexibility index (Phi) is 3.99. The van der Waals surface area contributed by atoms with Gasteiger partial charge in [0.2, 0.25) is 0 Å². The maximum absolute atomic E-state index is 5.46. The third-order valence-electron chi connectivity index (χ3n) is 4.93. The molecule has 0 amide bonds. The molecule has 3 rings (SSSR count). The van der Waals surface area contributed by atoms with E-state index in [0.29, 0.717) is 6.04 Å². The van der Waals surface area contributed by atoms with Crippen molar-refractivity contribution in [3.05, 3.63) is 28.8 Å². The van der Waals surface area contributed by atoms with Gasteiger partial charge < -0.3 is 10.1 Å². The lowest BCUT2D eigenvalue weighted by atomic mass is 9.92. The summed E-state index contributed by atoms with van der Waals surface area (Å²) in [4.78, 5) is 2.68. The van der Waals surface area contributed by atoms with Gasteiger partial charge in [0.05, 0.1) is 7.11 Å². The van der Waals surface area contributed by atoms with E-state index in [1.54, 1.807) is 7.11 Å². The monoisotopic (exact) mass is 274 g/mol. The van der Waals surface area contributed by atoms with Crippen LogP contribution in [-0.4, -0.2) is 38.2 Å². The van der Waals surface area contributed by atoms with Gasteiger partial charge >= 0.3 is 0 Å². The predicted octanol–water partition coefficient (Wildman–Crippen LogP) is 2.67. The Morgan fingerprint density at radius 3 is 2.45 bits per heavy atom. The number of nitrogens with zero attached hydrogens (tertiary/aromatic N) is 1. The highest BCUT2D eigenvalue weighted by Crippen LogP contribution is 2.46. The third kappa shape index (κ3) is 2.57. The van der Waals surface area contributed by atoms with Gasteiger partial charge in [-0.3, -0.25) is 4.90 Å². The maximum atomic E-state index is 5.46. The predicted molar refractivity (Wildman–Crippen MR) is 82.4 cm³/mol. The van der Waals surface area contributed by atoms with Crippen LogP contribution in [0.4, 0.5) is 0 Å². The molecule has 2 fully saturated rings. The highest BCUT2D eigenvalue weighted by Gasteiger charge is 2.37. The molecule has 0 bridgehead atoms. The standard InChI is InChI=1S/C17H26N2O/c1-12-13(2)16(20-3)7-6-15(12)17(14-4-5-14)19-10-8-18-9-11-19/h6-7,14,17-18H,4-5,8-11H2,1-3H3. The fourth-order valence-corrected chi connectivity index (χ4v) is 3.48. The van der Waals surface area contributed by atoms with E-state index >= 15 is 0 Å². The molecule has 1 saturated heterocycles. The summed E-state index contributed by atoms with van der Waals surface area (Å²) in [6, 6.07) is 5.06. The Bertz CT molecular complexity index is 476. The van der Waals surface area contributed by atoms with E-state index in [4.69, 9.17) is 4.74 Å².